The summed E-state index contributed by atoms with van der Waals surface area (Å²) in [6.45, 7) is 6.81. The number of nitrogens with zero attached hydrogens (tertiary/aromatic N) is 7. The van der Waals surface area contributed by atoms with E-state index in [0.29, 0.717) is 64.5 Å². The minimum Gasteiger partial charge on any atom is -0.339 e. The van der Waals surface area contributed by atoms with E-state index < -0.39 is 0 Å². The fraction of sp³-hybridized carbons (Fsp3) is 0.240. The average molecular weight is 499 g/mol. The Kier molecular flexibility index (Phi) is 6.22. The Balaban J connectivity index is 1.56. The third kappa shape index (κ3) is 4.33. The van der Waals surface area contributed by atoms with E-state index in [-0.39, 0.29) is 11.8 Å². The molecule has 0 fully saturated rings. The molecule has 5 heterocycles. The van der Waals surface area contributed by atoms with E-state index in [1.165, 1.54) is 11.0 Å². The predicted molar refractivity (Wildman–Crippen MR) is 140 cm³/mol. The first-order valence-electron chi connectivity index (χ1n) is 12.0. The topological polar surface area (TPSA) is 161 Å². The number of fused-ring (bicyclic) bond motifs is 2. The molecule has 2 amide bonds. The summed E-state index contributed by atoms with van der Waals surface area (Å²) in [7, 11) is 0. The third-order valence-corrected chi connectivity index (χ3v) is 6.13. The Bertz CT molecular complexity index is 1620. The Morgan fingerprint density at radius 2 is 1.84 bits per heavy atom. The lowest BCUT2D eigenvalue weighted by molar-refractivity contribution is -0.115. The van der Waals surface area contributed by atoms with E-state index in [1.54, 1.807) is 36.5 Å². The number of nitrogens with one attached hydrogen (secondary N) is 2. The molecule has 4 N–H and O–H groups in total. The number of carbonyl (C=O) groups excluding carboxylic acids is 2. The molecular formula is C25H26N10O2. The van der Waals surface area contributed by atoms with Gasteiger partial charge in [0.25, 0.3) is 5.91 Å². The average Bonchev–Trinajstić information content (AvgIpc) is 3.50. The van der Waals surface area contributed by atoms with Gasteiger partial charge in [0.15, 0.2) is 11.5 Å². The number of hydrogen-bond acceptors (Lipinski definition) is 8. The number of nitrogens with two attached hydrogens (primary N) is 1. The maximum atomic E-state index is 13.0. The van der Waals surface area contributed by atoms with Gasteiger partial charge < -0.3 is 21.0 Å². The van der Waals surface area contributed by atoms with Crippen LogP contribution >= 0.6 is 0 Å². The molecule has 0 atom stereocenters. The zero-order valence-electron chi connectivity index (χ0n) is 20.7. The number of imidazole rings is 1. The highest BCUT2D eigenvalue weighted by molar-refractivity contribution is 6.05. The molecule has 37 heavy (non-hydrogen) atoms. The minimum atomic E-state index is -0.134. The molecule has 0 aliphatic heterocycles. The van der Waals surface area contributed by atoms with Crippen molar-refractivity contribution in [2.75, 3.05) is 24.2 Å². The van der Waals surface area contributed by atoms with Crippen molar-refractivity contribution in [1.82, 2.24) is 39.7 Å². The fourth-order valence-corrected chi connectivity index (χ4v) is 4.11. The number of nitrogen functional groups attached to an aromatic ring is 1. The van der Waals surface area contributed by atoms with Gasteiger partial charge in [0, 0.05) is 49.2 Å². The molecule has 5 rings (SSSR count). The normalized spacial score (nSPS) is 11.2. The number of hydrogen-bond donors (Lipinski definition) is 3. The number of aromatic amines is 1. The third-order valence-electron chi connectivity index (χ3n) is 6.13. The van der Waals surface area contributed by atoms with Crippen molar-refractivity contribution in [1.29, 1.82) is 0 Å². The van der Waals surface area contributed by atoms with Gasteiger partial charge in [-0.25, -0.2) is 15.0 Å². The summed E-state index contributed by atoms with van der Waals surface area (Å²) < 4.78 is 0. The first-order chi connectivity index (χ1) is 17.9. The Hall–Kier alpha value is -4.87. The van der Waals surface area contributed by atoms with Gasteiger partial charge in [-0.1, -0.05) is 6.92 Å². The van der Waals surface area contributed by atoms with Gasteiger partial charge in [-0.15, -0.1) is 5.10 Å². The van der Waals surface area contributed by atoms with Gasteiger partial charge >= 0.3 is 0 Å². The van der Waals surface area contributed by atoms with Crippen LogP contribution in [0.4, 0.5) is 5.82 Å². The van der Waals surface area contributed by atoms with Crippen LogP contribution in [-0.4, -0.2) is 64.6 Å². The summed E-state index contributed by atoms with van der Waals surface area (Å²) in [4.78, 5) is 48.6. The minimum absolute atomic E-state index is 0.105. The molecule has 0 saturated heterocycles. The number of amides is 2. The quantitative estimate of drug-likeness (QED) is 0.289. The van der Waals surface area contributed by atoms with Crippen molar-refractivity contribution < 1.29 is 9.59 Å². The molecule has 0 spiro atoms. The number of H-pyrrole nitrogens is 1. The SMILES string of the molecule is CCC(=O)Nc1ccc(-c2cnc3c(c2)c(-c2nc4c(C(=O)N(CC)CC)cncc4[nH]2)nn3N)cn1. The van der Waals surface area contributed by atoms with E-state index in [1.807, 2.05) is 26.0 Å². The van der Waals surface area contributed by atoms with Crippen molar-refractivity contribution in [3.8, 4) is 22.6 Å². The second-order valence-corrected chi connectivity index (χ2v) is 8.37. The molecule has 188 valence electrons. The van der Waals surface area contributed by atoms with Crippen molar-refractivity contribution in [2.24, 2.45) is 0 Å². The molecule has 0 unspecified atom stereocenters. The highest BCUT2D eigenvalue weighted by Gasteiger charge is 2.22. The molecule has 0 aliphatic carbocycles. The highest BCUT2D eigenvalue weighted by Crippen LogP contribution is 2.30. The zero-order valence-corrected chi connectivity index (χ0v) is 20.7. The van der Waals surface area contributed by atoms with Crippen molar-refractivity contribution >= 4 is 39.7 Å². The molecule has 0 aliphatic rings. The van der Waals surface area contributed by atoms with Crippen LogP contribution in [-0.2, 0) is 4.79 Å². The van der Waals surface area contributed by atoms with Crippen molar-refractivity contribution in [3.63, 3.8) is 0 Å². The molecule has 0 saturated carbocycles. The monoisotopic (exact) mass is 498 g/mol. The molecule has 12 heteroatoms. The van der Waals surface area contributed by atoms with Crippen LogP contribution in [0.1, 0.15) is 37.6 Å². The van der Waals surface area contributed by atoms with E-state index in [4.69, 9.17) is 10.8 Å². The summed E-state index contributed by atoms with van der Waals surface area (Å²) in [5, 5.41) is 7.85. The van der Waals surface area contributed by atoms with Gasteiger partial charge in [-0.3, -0.25) is 14.6 Å². The predicted octanol–water partition coefficient (Wildman–Crippen LogP) is 2.98. The van der Waals surface area contributed by atoms with Crippen LogP contribution in [0.15, 0.2) is 43.0 Å². The molecule has 5 aromatic rings. The number of rotatable bonds is 7. The first kappa shape index (κ1) is 23.9. The van der Waals surface area contributed by atoms with Crippen LogP contribution in [0, 0.1) is 0 Å². The lowest BCUT2D eigenvalue weighted by atomic mass is 10.1. The van der Waals surface area contributed by atoms with Gasteiger partial charge in [0.05, 0.1) is 22.7 Å². The van der Waals surface area contributed by atoms with Crippen LogP contribution in [0.25, 0.3) is 44.7 Å². The Morgan fingerprint density at radius 3 is 2.54 bits per heavy atom. The molecule has 0 aromatic carbocycles. The van der Waals surface area contributed by atoms with E-state index in [0.717, 1.165) is 11.1 Å². The van der Waals surface area contributed by atoms with E-state index >= 15 is 0 Å². The second-order valence-electron chi connectivity index (χ2n) is 8.37. The standard InChI is InChI=1S/C25H26N10O2/c1-4-20(36)31-19-8-7-14(10-28-19)15-9-16-22(33-35(26)24(16)29-11-15)23-30-18-13-27-12-17(21(18)32-23)25(37)34(5-2)6-3/h7-13H,4-6,26H2,1-3H3,(H,30,32)(H,28,31,36). The zero-order chi connectivity index (χ0) is 26.1. The highest BCUT2D eigenvalue weighted by atomic mass is 16.2. The van der Waals surface area contributed by atoms with Crippen molar-refractivity contribution in [3.05, 3.63) is 48.5 Å². The largest absolute Gasteiger partial charge is 0.339 e. The first-order valence-corrected chi connectivity index (χ1v) is 12.0. The molecule has 5 aromatic heterocycles. The Labute approximate surface area is 211 Å². The lowest BCUT2D eigenvalue weighted by Crippen LogP contribution is -2.30. The number of anilines is 1. The maximum Gasteiger partial charge on any atom is 0.257 e. The molecular weight excluding hydrogens is 472 g/mol. The number of aromatic nitrogens is 7. The summed E-state index contributed by atoms with van der Waals surface area (Å²) >= 11 is 0. The van der Waals surface area contributed by atoms with Gasteiger partial charge in [-0.2, -0.15) is 4.79 Å². The molecule has 0 radical (unpaired) electrons. The molecule has 0 bridgehead atoms. The van der Waals surface area contributed by atoms with Crippen LogP contribution in [0.3, 0.4) is 0 Å². The summed E-state index contributed by atoms with van der Waals surface area (Å²) in [5.74, 6) is 6.79. The summed E-state index contributed by atoms with van der Waals surface area (Å²) in [6.07, 6.45) is 6.88. The summed E-state index contributed by atoms with van der Waals surface area (Å²) in [6, 6.07) is 5.50. The Morgan fingerprint density at radius 1 is 1.05 bits per heavy atom. The van der Waals surface area contributed by atoms with Crippen LogP contribution in [0.2, 0.25) is 0 Å². The maximum absolute atomic E-state index is 13.0. The van der Waals surface area contributed by atoms with Gasteiger partial charge in [0.1, 0.15) is 17.0 Å². The summed E-state index contributed by atoms with van der Waals surface area (Å²) in [5.41, 5.74) is 4.10. The van der Waals surface area contributed by atoms with E-state index in [2.05, 4.69) is 30.4 Å². The lowest BCUT2D eigenvalue weighted by Gasteiger charge is -2.18. The van der Waals surface area contributed by atoms with Crippen LogP contribution in [0.5, 0.6) is 0 Å². The fourth-order valence-electron chi connectivity index (χ4n) is 4.11. The van der Waals surface area contributed by atoms with Gasteiger partial charge in [0.2, 0.25) is 5.91 Å². The second kappa shape index (κ2) is 9.64. The van der Waals surface area contributed by atoms with E-state index in [9.17, 15) is 9.59 Å². The smallest absolute Gasteiger partial charge is 0.257 e. The van der Waals surface area contributed by atoms with Crippen LogP contribution < -0.4 is 11.2 Å². The number of pyridine rings is 3. The van der Waals surface area contributed by atoms with Crippen molar-refractivity contribution in [2.45, 2.75) is 27.2 Å². The number of carbonyl (C=O) groups is 2. The van der Waals surface area contributed by atoms with Gasteiger partial charge in [-0.05, 0) is 32.0 Å². The molecule has 12 nitrogen and oxygen atoms in total.